The summed E-state index contributed by atoms with van der Waals surface area (Å²) < 4.78 is 2.30. The molecule has 1 aliphatic rings. The lowest BCUT2D eigenvalue weighted by atomic mass is 9.96. The first-order valence-corrected chi connectivity index (χ1v) is 12.8. The van der Waals surface area contributed by atoms with Gasteiger partial charge in [-0.3, -0.25) is 9.78 Å². The van der Waals surface area contributed by atoms with Gasteiger partial charge in [0, 0.05) is 29.0 Å². The first-order chi connectivity index (χ1) is 17.8. The molecule has 1 fully saturated rings. The standard InChI is InChI=1S/C30H31N5OS/c1-19-13-14-20(2)26(16-19)35-21(3)17-24(22(35)4)29-28(25-12-8-9-15-31-25)33-30(37)34(29)18-27(36)32-23-10-6-5-7-11-23/h5-17,28-29H,18H2,1-4H3,(H,32,36)(H,33,37)/t28-,29+/m1/s1. The third-order valence-electron chi connectivity index (χ3n) is 6.96. The van der Waals surface area contributed by atoms with Crippen molar-refractivity contribution in [3.63, 3.8) is 0 Å². The van der Waals surface area contributed by atoms with Crippen LogP contribution in [0, 0.1) is 27.7 Å². The number of nitrogens with one attached hydrogen (secondary N) is 2. The monoisotopic (exact) mass is 509 g/mol. The van der Waals surface area contributed by atoms with Gasteiger partial charge >= 0.3 is 0 Å². The highest BCUT2D eigenvalue weighted by Crippen LogP contribution is 2.41. The van der Waals surface area contributed by atoms with Crippen molar-refractivity contribution in [1.29, 1.82) is 0 Å². The van der Waals surface area contributed by atoms with Gasteiger partial charge < -0.3 is 20.1 Å². The van der Waals surface area contributed by atoms with E-state index in [4.69, 9.17) is 12.2 Å². The summed E-state index contributed by atoms with van der Waals surface area (Å²) in [5, 5.41) is 7.00. The van der Waals surface area contributed by atoms with Crippen molar-refractivity contribution in [3.05, 3.63) is 113 Å². The van der Waals surface area contributed by atoms with Gasteiger partial charge in [0.05, 0.1) is 17.8 Å². The maximum absolute atomic E-state index is 13.1. The average molecular weight is 510 g/mol. The summed E-state index contributed by atoms with van der Waals surface area (Å²) >= 11 is 5.79. The molecule has 7 heteroatoms. The van der Waals surface area contributed by atoms with Crippen molar-refractivity contribution in [1.82, 2.24) is 19.8 Å². The Hall–Kier alpha value is -3.97. The molecular formula is C30H31N5OS. The number of carbonyl (C=O) groups is 1. The quantitative estimate of drug-likeness (QED) is 0.326. The van der Waals surface area contributed by atoms with Crippen LogP contribution in [0.15, 0.2) is 79.0 Å². The van der Waals surface area contributed by atoms with Crippen molar-refractivity contribution >= 4 is 28.9 Å². The molecule has 1 amide bonds. The number of anilines is 1. The Morgan fingerprint density at radius 3 is 2.49 bits per heavy atom. The number of hydrogen-bond donors (Lipinski definition) is 2. The SMILES string of the molecule is Cc1ccc(C)c(-n2c(C)cc([C@H]3[C@@H](c4ccccn4)NC(=S)N3CC(=O)Nc3ccccc3)c2C)c1. The van der Waals surface area contributed by atoms with Gasteiger partial charge in [-0.05, 0) is 93.0 Å². The Labute approximate surface area is 223 Å². The minimum atomic E-state index is -0.200. The van der Waals surface area contributed by atoms with E-state index in [0.29, 0.717) is 5.11 Å². The highest BCUT2D eigenvalue weighted by molar-refractivity contribution is 7.80. The van der Waals surface area contributed by atoms with Gasteiger partial charge in [-0.15, -0.1) is 0 Å². The molecule has 5 rings (SSSR count). The summed E-state index contributed by atoms with van der Waals surface area (Å²) in [7, 11) is 0. The summed E-state index contributed by atoms with van der Waals surface area (Å²) in [4.78, 5) is 19.8. The molecule has 2 N–H and O–H groups in total. The molecule has 0 saturated carbocycles. The number of pyridine rings is 1. The number of benzene rings is 2. The van der Waals surface area contributed by atoms with E-state index in [1.165, 1.54) is 11.1 Å². The Bertz CT molecular complexity index is 1450. The number of carbonyl (C=O) groups excluding carboxylic acids is 1. The highest BCUT2D eigenvalue weighted by Gasteiger charge is 2.42. The molecule has 6 nitrogen and oxygen atoms in total. The first kappa shape index (κ1) is 24.7. The highest BCUT2D eigenvalue weighted by atomic mass is 32.1. The van der Waals surface area contributed by atoms with Crippen molar-refractivity contribution in [3.8, 4) is 5.69 Å². The van der Waals surface area contributed by atoms with Crippen LogP contribution in [0.2, 0.25) is 0 Å². The Kier molecular flexibility index (Phi) is 6.80. The molecule has 4 aromatic rings. The van der Waals surface area contributed by atoms with E-state index < -0.39 is 0 Å². The number of amides is 1. The third kappa shape index (κ3) is 4.87. The maximum Gasteiger partial charge on any atom is 0.244 e. The summed E-state index contributed by atoms with van der Waals surface area (Å²) in [5.74, 6) is -0.120. The van der Waals surface area contributed by atoms with Crippen LogP contribution >= 0.6 is 12.2 Å². The lowest BCUT2D eigenvalue weighted by Gasteiger charge is -2.27. The molecule has 0 unspecified atom stereocenters. The average Bonchev–Trinajstić information content (AvgIpc) is 3.36. The van der Waals surface area contributed by atoms with Gasteiger partial charge in [0.15, 0.2) is 5.11 Å². The summed E-state index contributed by atoms with van der Waals surface area (Å²) in [6, 6.07) is 23.7. The topological polar surface area (TPSA) is 62.2 Å². The van der Waals surface area contributed by atoms with Crippen LogP contribution in [0.5, 0.6) is 0 Å². The molecular weight excluding hydrogens is 478 g/mol. The van der Waals surface area contributed by atoms with E-state index in [1.807, 2.05) is 53.4 Å². The number of nitrogens with zero attached hydrogens (tertiary/aromatic N) is 3. The largest absolute Gasteiger partial charge is 0.352 e. The van der Waals surface area contributed by atoms with E-state index >= 15 is 0 Å². The van der Waals surface area contributed by atoms with Crippen LogP contribution in [0.4, 0.5) is 5.69 Å². The van der Waals surface area contributed by atoms with Gasteiger partial charge in [-0.1, -0.05) is 36.4 Å². The zero-order chi connectivity index (χ0) is 26.1. The molecule has 0 spiro atoms. The number of rotatable bonds is 6. The number of aryl methyl sites for hydroxylation is 3. The van der Waals surface area contributed by atoms with Crippen LogP contribution < -0.4 is 10.6 Å². The molecule has 1 saturated heterocycles. The minimum absolute atomic E-state index is 0.120. The minimum Gasteiger partial charge on any atom is -0.352 e. The molecule has 37 heavy (non-hydrogen) atoms. The fourth-order valence-electron chi connectivity index (χ4n) is 5.21. The predicted octanol–water partition coefficient (Wildman–Crippen LogP) is 5.72. The normalized spacial score (nSPS) is 17.1. The van der Waals surface area contributed by atoms with E-state index in [0.717, 1.165) is 34.0 Å². The van der Waals surface area contributed by atoms with Crippen molar-refractivity contribution in [2.45, 2.75) is 39.8 Å². The zero-order valence-corrected chi connectivity index (χ0v) is 22.3. The fourth-order valence-corrected chi connectivity index (χ4v) is 5.51. The second kappa shape index (κ2) is 10.2. The van der Waals surface area contributed by atoms with E-state index in [-0.39, 0.29) is 24.5 Å². The molecule has 2 atom stereocenters. The van der Waals surface area contributed by atoms with Crippen LogP contribution in [-0.4, -0.2) is 32.0 Å². The van der Waals surface area contributed by atoms with Crippen molar-refractivity contribution < 1.29 is 4.79 Å². The smallest absolute Gasteiger partial charge is 0.244 e. The van der Waals surface area contributed by atoms with Crippen molar-refractivity contribution in [2.75, 3.05) is 11.9 Å². The van der Waals surface area contributed by atoms with Crippen molar-refractivity contribution in [2.24, 2.45) is 0 Å². The molecule has 1 aliphatic heterocycles. The van der Waals surface area contributed by atoms with Crippen LogP contribution in [0.3, 0.4) is 0 Å². The van der Waals surface area contributed by atoms with Crippen LogP contribution in [0.25, 0.3) is 5.69 Å². The van der Waals surface area contributed by atoms with Gasteiger partial charge in [0.1, 0.15) is 6.54 Å². The van der Waals surface area contributed by atoms with Gasteiger partial charge in [-0.2, -0.15) is 0 Å². The number of thiocarbonyl (C=S) groups is 1. The lowest BCUT2D eigenvalue weighted by Crippen LogP contribution is -2.37. The molecule has 3 heterocycles. The summed E-state index contributed by atoms with van der Waals surface area (Å²) in [6.07, 6.45) is 1.79. The Balaban J connectivity index is 1.56. The third-order valence-corrected chi connectivity index (χ3v) is 7.32. The maximum atomic E-state index is 13.1. The molecule has 0 aliphatic carbocycles. The second-order valence-corrected chi connectivity index (χ2v) is 10.0. The molecule has 188 valence electrons. The first-order valence-electron chi connectivity index (χ1n) is 12.4. The number of hydrogen-bond acceptors (Lipinski definition) is 3. The van der Waals surface area contributed by atoms with Crippen LogP contribution in [0.1, 0.15) is 45.9 Å². The Morgan fingerprint density at radius 2 is 1.76 bits per heavy atom. The van der Waals surface area contributed by atoms with Gasteiger partial charge in [0.25, 0.3) is 0 Å². The lowest BCUT2D eigenvalue weighted by molar-refractivity contribution is -0.116. The predicted molar refractivity (Wildman–Crippen MR) is 152 cm³/mol. The van der Waals surface area contributed by atoms with Gasteiger partial charge in [0.2, 0.25) is 5.91 Å². The van der Waals surface area contributed by atoms with Gasteiger partial charge in [-0.25, -0.2) is 0 Å². The number of aromatic nitrogens is 2. The second-order valence-electron chi connectivity index (χ2n) is 9.62. The summed E-state index contributed by atoms with van der Waals surface area (Å²) in [6.45, 7) is 8.64. The van der Waals surface area contributed by atoms with E-state index in [2.05, 4.69) is 72.1 Å². The molecule has 2 aromatic heterocycles. The molecule has 2 aromatic carbocycles. The molecule has 0 radical (unpaired) electrons. The van der Waals surface area contributed by atoms with Crippen LogP contribution in [-0.2, 0) is 4.79 Å². The summed E-state index contributed by atoms with van der Waals surface area (Å²) in [5.41, 5.74) is 8.60. The van der Waals surface area contributed by atoms with E-state index in [9.17, 15) is 4.79 Å². The molecule has 0 bridgehead atoms. The number of para-hydroxylation sites is 1. The Morgan fingerprint density at radius 1 is 1.00 bits per heavy atom. The fraction of sp³-hybridized carbons (Fsp3) is 0.233. The van der Waals surface area contributed by atoms with E-state index in [1.54, 1.807) is 6.20 Å². The zero-order valence-electron chi connectivity index (χ0n) is 21.5.